The monoisotopic (exact) mass is 229 g/mol. The van der Waals surface area contributed by atoms with Crippen LogP contribution in [0.25, 0.3) is 0 Å². The van der Waals surface area contributed by atoms with Crippen molar-refractivity contribution in [1.82, 2.24) is 14.9 Å². The maximum absolute atomic E-state index is 4.14. The van der Waals surface area contributed by atoms with Crippen molar-refractivity contribution in [2.24, 2.45) is 0 Å². The van der Waals surface area contributed by atoms with Gasteiger partial charge in [0.2, 0.25) is 0 Å². The second kappa shape index (κ2) is 3.58. The lowest BCUT2D eigenvalue weighted by atomic mass is 10.1. The summed E-state index contributed by atoms with van der Waals surface area (Å²) in [6, 6.07) is 0.579. The van der Waals surface area contributed by atoms with Crippen LogP contribution in [0, 0.1) is 0 Å². The second-order valence-electron chi connectivity index (χ2n) is 3.10. The molecule has 1 unspecified atom stereocenters. The van der Waals surface area contributed by atoms with Crippen LogP contribution in [-0.2, 0) is 0 Å². The van der Waals surface area contributed by atoms with Crippen LogP contribution in [0.15, 0.2) is 17.1 Å². The molecule has 66 valence electrons. The first-order valence-corrected chi connectivity index (χ1v) is 5.06. The van der Waals surface area contributed by atoms with E-state index in [1.54, 1.807) is 0 Å². The molecule has 1 N–H and O–H groups in total. The Morgan fingerprint density at radius 1 is 1.67 bits per heavy atom. The Balaban J connectivity index is 2.13. The van der Waals surface area contributed by atoms with Gasteiger partial charge in [0, 0.05) is 25.0 Å². The minimum atomic E-state index is 0.579. The van der Waals surface area contributed by atoms with E-state index in [9.17, 15) is 0 Å². The van der Waals surface area contributed by atoms with Crippen LogP contribution in [0.4, 0.5) is 0 Å². The van der Waals surface area contributed by atoms with E-state index in [0.29, 0.717) is 6.04 Å². The summed E-state index contributed by atoms with van der Waals surface area (Å²) in [6.07, 6.45) is 6.37. The van der Waals surface area contributed by atoms with Gasteiger partial charge in [0.25, 0.3) is 0 Å². The van der Waals surface area contributed by atoms with Gasteiger partial charge < -0.3 is 9.88 Å². The number of aromatic nitrogens is 2. The molecule has 1 atom stereocenters. The summed E-state index contributed by atoms with van der Waals surface area (Å²) in [4.78, 5) is 4.14. The number of hydrogen-bond acceptors (Lipinski definition) is 2. The largest absolute Gasteiger partial charge is 0.321 e. The molecule has 3 nitrogen and oxygen atoms in total. The first-order chi connectivity index (χ1) is 5.88. The van der Waals surface area contributed by atoms with Crippen LogP contribution >= 0.6 is 15.9 Å². The fourth-order valence-corrected chi connectivity index (χ4v) is 2.16. The molecule has 0 aromatic carbocycles. The maximum atomic E-state index is 4.14. The Hall–Kier alpha value is -0.350. The van der Waals surface area contributed by atoms with Crippen molar-refractivity contribution in [2.45, 2.75) is 18.9 Å². The molecular weight excluding hydrogens is 218 g/mol. The average Bonchev–Trinajstić information content (AvgIpc) is 2.53. The number of imidazole rings is 1. The molecule has 4 heteroatoms. The van der Waals surface area contributed by atoms with Crippen molar-refractivity contribution in [3.8, 4) is 0 Å². The third kappa shape index (κ3) is 1.54. The van der Waals surface area contributed by atoms with Gasteiger partial charge in [-0.2, -0.15) is 0 Å². The molecule has 0 aliphatic carbocycles. The Labute approximate surface area is 80.3 Å². The number of hydrogen-bond donors (Lipinski definition) is 1. The second-order valence-corrected chi connectivity index (χ2v) is 3.81. The number of nitrogens with one attached hydrogen (secondary N) is 1. The van der Waals surface area contributed by atoms with E-state index in [4.69, 9.17) is 0 Å². The van der Waals surface area contributed by atoms with Crippen LogP contribution in [0.2, 0.25) is 0 Å². The predicted octanol–water partition coefficient (Wildman–Crippen LogP) is 1.57. The summed E-state index contributed by atoms with van der Waals surface area (Å²) in [5.41, 5.74) is 0. The first-order valence-electron chi connectivity index (χ1n) is 4.27. The molecule has 0 radical (unpaired) electrons. The molecule has 0 amide bonds. The molecule has 1 aromatic rings. The molecule has 0 saturated carbocycles. The molecule has 0 bridgehead atoms. The van der Waals surface area contributed by atoms with Crippen molar-refractivity contribution >= 4 is 15.9 Å². The van der Waals surface area contributed by atoms with E-state index in [2.05, 4.69) is 30.8 Å². The molecular formula is C8H12BrN3. The average molecular weight is 230 g/mol. The highest BCUT2D eigenvalue weighted by Crippen LogP contribution is 2.20. The van der Waals surface area contributed by atoms with Gasteiger partial charge in [0.1, 0.15) is 0 Å². The van der Waals surface area contributed by atoms with Crippen molar-refractivity contribution in [2.75, 3.05) is 13.1 Å². The van der Waals surface area contributed by atoms with Crippen LogP contribution in [0.5, 0.6) is 0 Å². The van der Waals surface area contributed by atoms with E-state index in [0.717, 1.165) is 17.8 Å². The molecule has 2 rings (SSSR count). The Morgan fingerprint density at radius 2 is 2.58 bits per heavy atom. The molecule has 0 spiro atoms. The molecule has 1 aliphatic heterocycles. The van der Waals surface area contributed by atoms with Gasteiger partial charge in [-0.15, -0.1) is 0 Å². The fraction of sp³-hybridized carbons (Fsp3) is 0.625. The highest BCUT2D eigenvalue weighted by atomic mass is 79.9. The van der Waals surface area contributed by atoms with E-state index in [-0.39, 0.29) is 0 Å². The van der Waals surface area contributed by atoms with Gasteiger partial charge >= 0.3 is 0 Å². The fourth-order valence-electron chi connectivity index (χ4n) is 1.64. The normalized spacial score (nSPS) is 24.2. The van der Waals surface area contributed by atoms with E-state index in [1.165, 1.54) is 12.8 Å². The van der Waals surface area contributed by atoms with Gasteiger partial charge in [-0.3, -0.25) is 0 Å². The summed E-state index contributed by atoms with van der Waals surface area (Å²) < 4.78 is 3.13. The van der Waals surface area contributed by atoms with Gasteiger partial charge in [-0.05, 0) is 35.3 Å². The maximum Gasteiger partial charge on any atom is 0.177 e. The zero-order valence-electron chi connectivity index (χ0n) is 6.83. The lowest BCUT2D eigenvalue weighted by Gasteiger charge is -2.24. The molecule has 2 heterocycles. The number of halogens is 1. The molecule has 1 fully saturated rings. The highest BCUT2D eigenvalue weighted by molar-refractivity contribution is 9.10. The van der Waals surface area contributed by atoms with Crippen LogP contribution in [-0.4, -0.2) is 22.6 Å². The topological polar surface area (TPSA) is 29.9 Å². The number of nitrogens with zero attached hydrogens (tertiary/aromatic N) is 2. The van der Waals surface area contributed by atoms with Gasteiger partial charge in [0.05, 0.1) is 0 Å². The van der Waals surface area contributed by atoms with Gasteiger partial charge in [-0.25, -0.2) is 4.98 Å². The summed E-state index contributed by atoms with van der Waals surface area (Å²) in [5.74, 6) is 0. The standard InChI is InChI=1S/C8H12BrN3/c9-8-11-4-5-12(8)7-2-1-3-10-6-7/h4-5,7,10H,1-3,6H2. The lowest BCUT2D eigenvalue weighted by Crippen LogP contribution is -2.31. The molecule has 1 saturated heterocycles. The smallest absolute Gasteiger partial charge is 0.177 e. The Morgan fingerprint density at radius 3 is 3.17 bits per heavy atom. The first kappa shape index (κ1) is 8.26. The summed E-state index contributed by atoms with van der Waals surface area (Å²) >= 11 is 3.43. The predicted molar refractivity (Wildman–Crippen MR) is 51.1 cm³/mol. The van der Waals surface area contributed by atoms with Gasteiger partial charge in [-0.1, -0.05) is 0 Å². The van der Waals surface area contributed by atoms with Crippen LogP contribution < -0.4 is 5.32 Å². The Kier molecular flexibility index (Phi) is 2.46. The van der Waals surface area contributed by atoms with E-state index >= 15 is 0 Å². The third-order valence-corrected chi connectivity index (χ3v) is 2.90. The zero-order chi connectivity index (χ0) is 8.39. The quantitative estimate of drug-likeness (QED) is 0.793. The van der Waals surface area contributed by atoms with E-state index in [1.807, 2.05) is 12.4 Å². The number of rotatable bonds is 1. The molecule has 1 aliphatic rings. The Bertz CT molecular complexity index is 253. The van der Waals surface area contributed by atoms with E-state index < -0.39 is 0 Å². The lowest BCUT2D eigenvalue weighted by molar-refractivity contribution is 0.367. The van der Waals surface area contributed by atoms with Crippen molar-refractivity contribution in [3.05, 3.63) is 17.1 Å². The van der Waals surface area contributed by atoms with Gasteiger partial charge in [0.15, 0.2) is 4.73 Å². The number of piperidine rings is 1. The summed E-state index contributed by atoms with van der Waals surface area (Å²) in [5, 5.41) is 3.38. The molecule has 12 heavy (non-hydrogen) atoms. The van der Waals surface area contributed by atoms with Crippen molar-refractivity contribution < 1.29 is 0 Å². The zero-order valence-corrected chi connectivity index (χ0v) is 8.42. The van der Waals surface area contributed by atoms with Crippen LogP contribution in [0.1, 0.15) is 18.9 Å². The minimum absolute atomic E-state index is 0.579. The van der Waals surface area contributed by atoms with Crippen molar-refractivity contribution in [3.63, 3.8) is 0 Å². The highest BCUT2D eigenvalue weighted by Gasteiger charge is 2.15. The SMILES string of the molecule is Brc1nccn1C1CCCNC1. The summed E-state index contributed by atoms with van der Waals surface area (Å²) in [7, 11) is 0. The minimum Gasteiger partial charge on any atom is -0.321 e. The molecule has 1 aromatic heterocycles. The third-order valence-electron chi connectivity index (χ3n) is 2.29. The van der Waals surface area contributed by atoms with Crippen LogP contribution in [0.3, 0.4) is 0 Å². The van der Waals surface area contributed by atoms with Crippen molar-refractivity contribution in [1.29, 1.82) is 0 Å². The summed E-state index contributed by atoms with van der Waals surface area (Å²) in [6.45, 7) is 2.22.